The lowest BCUT2D eigenvalue weighted by atomic mass is 10.0. The highest BCUT2D eigenvalue weighted by atomic mass is 35.5. The Hall–Kier alpha value is -2.59. The lowest BCUT2D eigenvalue weighted by molar-refractivity contribution is 0.475. The molecule has 0 aliphatic heterocycles. The van der Waals surface area contributed by atoms with Crippen LogP contribution in [0, 0.1) is 6.92 Å². The van der Waals surface area contributed by atoms with Gasteiger partial charge in [-0.2, -0.15) is 0 Å². The van der Waals surface area contributed by atoms with E-state index in [4.69, 9.17) is 11.6 Å². The molecule has 22 heavy (non-hydrogen) atoms. The van der Waals surface area contributed by atoms with Crippen LogP contribution >= 0.6 is 11.6 Å². The highest BCUT2D eigenvalue weighted by molar-refractivity contribution is 6.30. The van der Waals surface area contributed by atoms with Crippen LogP contribution in [0.15, 0.2) is 58.8 Å². The van der Waals surface area contributed by atoms with E-state index in [0.717, 1.165) is 10.9 Å². The smallest absolute Gasteiger partial charge is 0.150 e. The summed E-state index contributed by atoms with van der Waals surface area (Å²) in [4.78, 5) is 0. The number of aromatic hydroxyl groups is 2. The molecule has 110 valence electrons. The van der Waals surface area contributed by atoms with Gasteiger partial charge in [-0.15, -0.1) is 10.2 Å². The van der Waals surface area contributed by atoms with Crippen LogP contribution in [0.25, 0.3) is 10.8 Å². The molecule has 3 aromatic carbocycles. The van der Waals surface area contributed by atoms with Crippen molar-refractivity contribution >= 4 is 33.7 Å². The molecule has 0 saturated heterocycles. The zero-order valence-electron chi connectivity index (χ0n) is 11.8. The Morgan fingerprint density at radius 2 is 1.55 bits per heavy atom. The van der Waals surface area contributed by atoms with Gasteiger partial charge in [0.1, 0.15) is 17.1 Å². The molecule has 0 aliphatic rings. The molecule has 0 spiro atoms. The lowest BCUT2D eigenvalue weighted by Crippen LogP contribution is -1.80. The molecule has 0 fully saturated rings. The molecule has 0 bridgehead atoms. The normalized spacial score (nSPS) is 11.4. The number of hydrogen-bond donors (Lipinski definition) is 2. The second kappa shape index (κ2) is 5.66. The quantitative estimate of drug-likeness (QED) is 0.602. The Bertz CT molecular complexity index is 891. The molecule has 0 saturated carbocycles. The number of rotatable bonds is 2. The standard InChI is InChI=1S/C17H13ClN2O2/c1-10-8-15(17(22)13-5-3-2-4-12(10)13)20-19-14-9-11(18)6-7-16(14)21/h2-9,21-22H,1H3. The van der Waals surface area contributed by atoms with Crippen molar-refractivity contribution in [3.63, 3.8) is 0 Å². The van der Waals surface area contributed by atoms with E-state index in [9.17, 15) is 10.2 Å². The third-order valence-electron chi connectivity index (χ3n) is 3.41. The SMILES string of the molecule is Cc1cc(N=Nc2cc(Cl)ccc2O)c(O)c2ccccc12. The Balaban J connectivity index is 2.09. The third-order valence-corrected chi connectivity index (χ3v) is 3.64. The predicted octanol–water partition coefficient (Wildman–Crippen LogP) is 5.63. The molecule has 0 unspecified atom stereocenters. The molecule has 0 heterocycles. The first-order chi connectivity index (χ1) is 10.6. The zero-order chi connectivity index (χ0) is 15.7. The maximum absolute atomic E-state index is 10.3. The molecule has 0 aromatic heterocycles. The molecule has 3 aromatic rings. The molecular weight excluding hydrogens is 300 g/mol. The second-order valence-electron chi connectivity index (χ2n) is 4.94. The summed E-state index contributed by atoms with van der Waals surface area (Å²) in [5.41, 5.74) is 1.57. The van der Waals surface area contributed by atoms with Gasteiger partial charge in [0, 0.05) is 10.4 Å². The van der Waals surface area contributed by atoms with E-state index in [1.54, 1.807) is 12.1 Å². The molecule has 0 aliphatic carbocycles. The van der Waals surface area contributed by atoms with Gasteiger partial charge in [-0.05, 0) is 42.1 Å². The number of aryl methyl sites for hydroxylation is 1. The number of phenols is 2. The van der Waals surface area contributed by atoms with E-state index < -0.39 is 0 Å². The molecule has 5 heteroatoms. The minimum Gasteiger partial charge on any atom is -0.506 e. The van der Waals surface area contributed by atoms with Crippen molar-refractivity contribution in [2.45, 2.75) is 6.92 Å². The average molecular weight is 313 g/mol. The number of phenolic OH excluding ortho intramolecular Hbond substituents is 2. The van der Waals surface area contributed by atoms with Crippen molar-refractivity contribution in [2.75, 3.05) is 0 Å². The Morgan fingerprint density at radius 1 is 0.864 bits per heavy atom. The fraction of sp³-hybridized carbons (Fsp3) is 0.0588. The molecule has 0 amide bonds. The lowest BCUT2D eigenvalue weighted by Gasteiger charge is -2.07. The van der Waals surface area contributed by atoms with Gasteiger partial charge in [-0.3, -0.25) is 0 Å². The largest absolute Gasteiger partial charge is 0.506 e. The average Bonchev–Trinajstić information content (AvgIpc) is 2.52. The summed E-state index contributed by atoms with van der Waals surface area (Å²) >= 11 is 5.87. The minimum atomic E-state index is -0.0230. The minimum absolute atomic E-state index is 0.0230. The number of fused-ring (bicyclic) bond motifs is 1. The first kappa shape index (κ1) is 14.4. The number of halogens is 1. The van der Waals surface area contributed by atoms with Crippen LogP contribution in [-0.4, -0.2) is 10.2 Å². The molecule has 2 N–H and O–H groups in total. The summed E-state index contributed by atoms with van der Waals surface area (Å²) in [7, 11) is 0. The van der Waals surface area contributed by atoms with Crippen molar-refractivity contribution in [2.24, 2.45) is 10.2 Å². The molecule has 0 radical (unpaired) electrons. The highest BCUT2D eigenvalue weighted by Gasteiger charge is 2.09. The van der Waals surface area contributed by atoms with Crippen LogP contribution in [0.1, 0.15) is 5.56 Å². The number of benzene rings is 3. The van der Waals surface area contributed by atoms with Gasteiger partial charge in [0.25, 0.3) is 0 Å². The Kier molecular flexibility index (Phi) is 3.69. The van der Waals surface area contributed by atoms with E-state index in [2.05, 4.69) is 10.2 Å². The maximum Gasteiger partial charge on any atom is 0.150 e. The summed E-state index contributed by atoms with van der Waals surface area (Å²) < 4.78 is 0. The van der Waals surface area contributed by atoms with Crippen molar-refractivity contribution in [1.82, 2.24) is 0 Å². The van der Waals surface area contributed by atoms with E-state index in [0.29, 0.717) is 16.1 Å². The van der Waals surface area contributed by atoms with Crippen molar-refractivity contribution in [3.8, 4) is 11.5 Å². The molecular formula is C17H13ClN2O2. The van der Waals surface area contributed by atoms with Crippen LogP contribution < -0.4 is 0 Å². The van der Waals surface area contributed by atoms with Gasteiger partial charge in [0.15, 0.2) is 5.75 Å². The molecule has 0 atom stereocenters. The number of nitrogens with zero attached hydrogens (tertiary/aromatic N) is 2. The first-order valence-corrected chi connectivity index (χ1v) is 7.05. The van der Waals surface area contributed by atoms with Gasteiger partial charge in [0.05, 0.1) is 0 Å². The summed E-state index contributed by atoms with van der Waals surface area (Å²) in [6.07, 6.45) is 0. The van der Waals surface area contributed by atoms with E-state index >= 15 is 0 Å². The van der Waals surface area contributed by atoms with Crippen molar-refractivity contribution in [1.29, 1.82) is 0 Å². The van der Waals surface area contributed by atoms with Crippen LogP contribution in [0.5, 0.6) is 11.5 Å². The van der Waals surface area contributed by atoms with Gasteiger partial charge in [-0.1, -0.05) is 35.9 Å². The monoisotopic (exact) mass is 312 g/mol. The number of hydrogen-bond acceptors (Lipinski definition) is 4. The second-order valence-corrected chi connectivity index (χ2v) is 5.38. The molecule has 3 rings (SSSR count). The van der Waals surface area contributed by atoms with Crippen molar-refractivity contribution in [3.05, 3.63) is 59.1 Å². The summed E-state index contributed by atoms with van der Waals surface area (Å²) in [6.45, 7) is 1.94. The first-order valence-electron chi connectivity index (χ1n) is 6.68. The predicted molar refractivity (Wildman–Crippen MR) is 87.6 cm³/mol. The van der Waals surface area contributed by atoms with Crippen LogP contribution in [0.2, 0.25) is 5.02 Å². The fourth-order valence-electron chi connectivity index (χ4n) is 2.28. The fourth-order valence-corrected chi connectivity index (χ4v) is 2.45. The Morgan fingerprint density at radius 3 is 2.32 bits per heavy atom. The molecule has 4 nitrogen and oxygen atoms in total. The third kappa shape index (κ3) is 2.61. The summed E-state index contributed by atoms with van der Waals surface area (Å²) in [6, 6.07) is 13.8. The van der Waals surface area contributed by atoms with Crippen LogP contribution in [0.4, 0.5) is 11.4 Å². The van der Waals surface area contributed by atoms with Gasteiger partial charge >= 0.3 is 0 Å². The van der Waals surface area contributed by atoms with Gasteiger partial charge < -0.3 is 10.2 Å². The maximum atomic E-state index is 10.3. The summed E-state index contributed by atoms with van der Waals surface area (Å²) in [5.74, 6) is 0.0385. The topological polar surface area (TPSA) is 65.2 Å². The van der Waals surface area contributed by atoms with Gasteiger partial charge in [0.2, 0.25) is 0 Å². The number of azo groups is 1. The van der Waals surface area contributed by atoms with Crippen molar-refractivity contribution < 1.29 is 10.2 Å². The Labute approximate surface area is 132 Å². The van der Waals surface area contributed by atoms with Gasteiger partial charge in [-0.25, -0.2) is 0 Å². The van der Waals surface area contributed by atoms with E-state index in [1.807, 2.05) is 31.2 Å². The highest BCUT2D eigenvalue weighted by Crippen LogP contribution is 2.38. The van der Waals surface area contributed by atoms with Crippen LogP contribution in [-0.2, 0) is 0 Å². The van der Waals surface area contributed by atoms with E-state index in [-0.39, 0.29) is 17.2 Å². The van der Waals surface area contributed by atoms with Crippen LogP contribution in [0.3, 0.4) is 0 Å². The zero-order valence-corrected chi connectivity index (χ0v) is 12.5. The summed E-state index contributed by atoms with van der Waals surface area (Å²) in [5, 5.41) is 30.2. The van der Waals surface area contributed by atoms with E-state index in [1.165, 1.54) is 12.1 Å².